The SMILES string of the molecule is Fc1cc(F)c(NCc2cscn2)nc1F. The van der Waals surface area contributed by atoms with E-state index in [9.17, 15) is 13.2 Å². The van der Waals surface area contributed by atoms with Crippen molar-refractivity contribution in [1.29, 1.82) is 0 Å². The van der Waals surface area contributed by atoms with Crippen molar-refractivity contribution in [3.05, 3.63) is 40.2 Å². The van der Waals surface area contributed by atoms with E-state index >= 15 is 0 Å². The van der Waals surface area contributed by atoms with E-state index in [2.05, 4.69) is 15.3 Å². The zero-order chi connectivity index (χ0) is 11.5. The molecule has 0 aliphatic heterocycles. The van der Waals surface area contributed by atoms with Crippen molar-refractivity contribution in [2.75, 3.05) is 5.32 Å². The Balaban J connectivity index is 2.12. The number of nitrogens with one attached hydrogen (secondary N) is 1. The van der Waals surface area contributed by atoms with Crippen LogP contribution in [0.15, 0.2) is 17.0 Å². The lowest BCUT2D eigenvalue weighted by molar-refractivity contribution is 0.466. The minimum Gasteiger partial charge on any atom is -0.362 e. The van der Waals surface area contributed by atoms with Gasteiger partial charge in [-0.2, -0.15) is 9.37 Å². The lowest BCUT2D eigenvalue weighted by Crippen LogP contribution is -2.06. The van der Waals surface area contributed by atoms with Crippen molar-refractivity contribution < 1.29 is 13.2 Å². The maximum atomic E-state index is 13.1. The topological polar surface area (TPSA) is 37.8 Å². The molecule has 2 rings (SSSR count). The number of aromatic nitrogens is 2. The van der Waals surface area contributed by atoms with Crippen LogP contribution in [0.1, 0.15) is 5.69 Å². The molecule has 3 nitrogen and oxygen atoms in total. The van der Waals surface area contributed by atoms with E-state index in [-0.39, 0.29) is 12.4 Å². The monoisotopic (exact) mass is 245 g/mol. The predicted octanol–water partition coefficient (Wildman–Crippen LogP) is 2.57. The fourth-order valence-corrected chi connectivity index (χ4v) is 1.63. The van der Waals surface area contributed by atoms with E-state index in [1.165, 1.54) is 11.3 Å². The molecule has 1 N–H and O–H groups in total. The van der Waals surface area contributed by atoms with Gasteiger partial charge in [0.1, 0.15) is 0 Å². The van der Waals surface area contributed by atoms with E-state index in [1.807, 2.05) is 0 Å². The number of pyridine rings is 1. The first kappa shape index (κ1) is 10.9. The molecule has 84 valence electrons. The zero-order valence-corrected chi connectivity index (χ0v) is 8.69. The number of halogens is 3. The summed E-state index contributed by atoms with van der Waals surface area (Å²) in [6.45, 7) is 0.207. The molecule has 0 aromatic carbocycles. The molecule has 7 heteroatoms. The summed E-state index contributed by atoms with van der Waals surface area (Å²) in [5.74, 6) is -3.90. The summed E-state index contributed by atoms with van der Waals surface area (Å²) < 4.78 is 38.4. The molecule has 2 aromatic rings. The van der Waals surface area contributed by atoms with Gasteiger partial charge in [0.05, 0.1) is 17.7 Å². The zero-order valence-electron chi connectivity index (χ0n) is 7.88. The molecule has 0 saturated heterocycles. The lowest BCUT2D eigenvalue weighted by Gasteiger charge is -2.04. The van der Waals surface area contributed by atoms with Gasteiger partial charge in [0, 0.05) is 11.4 Å². The Kier molecular flexibility index (Phi) is 3.04. The van der Waals surface area contributed by atoms with E-state index in [0.29, 0.717) is 11.8 Å². The second kappa shape index (κ2) is 4.48. The van der Waals surface area contributed by atoms with E-state index in [4.69, 9.17) is 0 Å². The Morgan fingerprint density at radius 1 is 1.25 bits per heavy atom. The standard InChI is InChI=1S/C9H6F3N3S/c10-6-1-7(11)9(15-8(6)12)13-2-5-3-16-4-14-5/h1,3-4H,2H2,(H,13,15). The normalized spacial score (nSPS) is 10.4. The number of nitrogens with zero attached hydrogens (tertiary/aromatic N) is 2. The summed E-state index contributed by atoms with van der Waals surface area (Å²) in [6, 6.07) is 0.450. The fraction of sp³-hybridized carbons (Fsp3) is 0.111. The molecule has 0 bridgehead atoms. The molecule has 2 aromatic heterocycles. The van der Waals surface area contributed by atoms with Crippen LogP contribution in [0.5, 0.6) is 0 Å². The number of hydrogen-bond acceptors (Lipinski definition) is 4. The number of hydrogen-bond donors (Lipinski definition) is 1. The summed E-state index contributed by atoms with van der Waals surface area (Å²) in [5, 5.41) is 4.29. The average Bonchev–Trinajstić information content (AvgIpc) is 2.74. The van der Waals surface area contributed by atoms with Gasteiger partial charge in [0.2, 0.25) is 0 Å². The quantitative estimate of drug-likeness (QED) is 0.844. The summed E-state index contributed by atoms with van der Waals surface area (Å²) in [6.07, 6.45) is 0. The highest BCUT2D eigenvalue weighted by Crippen LogP contribution is 2.15. The van der Waals surface area contributed by atoms with Gasteiger partial charge in [-0.25, -0.2) is 13.8 Å². The third-order valence-corrected chi connectivity index (χ3v) is 2.44. The highest BCUT2D eigenvalue weighted by atomic mass is 32.1. The summed E-state index contributed by atoms with van der Waals surface area (Å²) in [7, 11) is 0. The van der Waals surface area contributed by atoms with Crippen LogP contribution in [-0.4, -0.2) is 9.97 Å². The Bertz CT molecular complexity index is 487. The largest absolute Gasteiger partial charge is 0.362 e. The highest BCUT2D eigenvalue weighted by Gasteiger charge is 2.11. The smallest absolute Gasteiger partial charge is 0.251 e. The summed E-state index contributed by atoms with van der Waals surface area (Å²) >= 11 is 1.39. The summed E-state index contributed by atoms with van der Waals surface area (Å²) in [4.78, 5) is 7.06. The highest BCUT2D eigenvalue weighted by molar-refractivity contribution is 7.07. The lowest BCUT2D eigenvalue weighted by atomic mass is 10.4. The molecule has 0 spiro atoms. The maximum absolute atomic E-state index is 13.1. The van der Waals surface area contributed by atoms with Crippen molar-refractivity contribution >= 4 is 17.2 Å². The molecule has 2 heterocycles. The second-order valence-electron chi connectivity index (χ2n) is 2.92. The van der Waals surface area contributed by atoms with Crippen molar-refractivity contribution in [3.63, 3.8) is 0 Å². The number of thiazole rings is 1. The summed E-state index contributed by atoms with van der Waals surface area (Å²) in [5.41, 5.74) is 2.29. The molecule has 0 aliphatic rings. The van der Waals surface area contributed by atoms with Gasteiger partial charge < -0.3 is 5.32 Å². The molecular formula is C9H6F3N3S. The Labute approximate surface area is 93.0 Å². The van der Waals surface area contributed by atoms with Gasteiger partial charge in [-0.15, -0.1) is 11.3 Å². The first-order valence-electron chi connectivity index (χ1n) is 4.29. The van der Waals surface area contributed by atoms with Crippen LogP contribution in [0.2, 0.25) is 0 Å². The molecule has 0 radical (unpaired) electrons. The van der Waals surface area contributed by atoms with Crippen molar-refractivity contribution in [2.24, 2.45) is 0 Å². The Hall–Kier alpha value is -1.63. The van der Waals surface area contributed by atoms with Gasteiger partial charge in [0.25, 0.3) is 5.95 Å². The van der Waals surface area contributed by atoms with Crippen LogP contribution < -0.4 is 5.32 Å². The minimum absolute atomic E-state index is 0.207. The molecule has 0 amide bonds. The van der Waals surface area contributed by atoms with Gasteiger partial charge in [-0.1, -0.05) is 0 Å². The minimum atomic E-state index is -1.33. The van der Waals surface area contributed by atoms with Crippen molar-refractivity contribution in [1.82, 2.24) is 9.97 Å². The average molecular weight is 245 g/mol. The van der Waals surface area contributed by atoms with E-state index in [0.717, 1.165) is 0 Å². The molecule has 0 fully saturated rings. The van der Waals surface area contributed by atoms with Crippen LogP contribution in [-0.2, 0) is 6.54 Å². The maximum Gasteiger partial charge on any atom is 0.251 e. The van der Waals surface area contributed by atoms with Crippen LogP contribution in [0.4, 0.5) is 19.0 Å². The third-order valence-electron chi connectivity index (χ3n) is 1.81. The third kappa shape index (κ3) is 2.30. The first-order valence-corrected chi connectivity index (χ1v) is 5.23. The van der Waals surface area contributed by atoms with Gasteiger partial charge in [0.15, 0.2) is 17.5 Å². The van der Waals surface area contributed by atoms with Crippen LogP contribution in [0.3, 0.4) is 0 Å². The number of rotatable bonds is 3. The van der Waals surface area contributed by atoms with Gasteiger partial charge in [-0.05, 0) is 0 Å². The molecule has 0 unspecified atom stereocenters. The second-order valence-corrected chi connectivity index (χ2v) is 3.64. The van der Waals surface area contributed by atoms with Crippen molar-refractivity contribution in [3.8, 4) is 0 Å². The van der Waals surface area contributed by atoms with Gasteiger partial charge >= 0.3 is 0 Å². The van der Waals surface area contributed by atoms with Crippen LogP contribution in [0.25, 0.3) is 0 Å². The first-order chi connectivity index (χ1) is 7.66. The number of anilines is 1. The molecule has 0 aliphatic carbocycles. The molecular weight excluding hydrogens is 239 g/mol. The Morgan fingerprint density at radius 3 is 2.75 bits per heavy atom. The molecule has 16 heavy (non-hydrogen) atoms. The predicted molar refractivity (Wildman–Crippen MR) is 53.6 cm³/mol. The van der Waals surface area contributed by atoms with Gasteiger partial charge in [-0.3, -0.25) is 0 Å². The fourth-order valence-electron chi connectivity index (χ4n) is 1.07. The van der Waals surface area contributed by atoms with E-state index in [1.54, 1.807) is 10.9 Å². The Morgan fingerprint density at radius 2 is 2.06 bits per heavy atom. The molecule has 0 saturated carbocycles. The van der Waals surface area contributed by atoms with Crippen molar-refractivity contribution in [2.45, 2.75) is 6.54 Å². The van der Waals surface area contributed by atoms with Crippen LogP contribution in [0, 0.1) is 17.6 Å². The molecule has 0 atom stereocenters. The van der Waals surface area contributed by atoms with E-state index < -0.39 is 17.6 Å². The van der Waals surface area contributed by atoms with Crippen LogP contribution >= 0.6 is 11.3 Å².